The van der Waals surface area contributed by atoms with Crippen LogP contribution in [0.15, 0.2) is 243 Å². The smallest absolute Gasteiger partial charge is 0.0562 e. The van der Waals surface area contributed by atoms with Crippen molar-refractivity contribution in [1.82, 2.24) is 4.57 Å². The number of hydrogen-bond acceptors (Lipinski definition) is 1. The Balaban J connectivity index is 1.12. The largest absolute Gasteiger partial charge is 0.310 e. The molecule has 282 valence electrons. The second-order valence-electron chi connectivity index (χ2n) is 15.3. The summed E-state index contributed by atoms with van der Waals surface area (Å²) in [6.07, 6.45) is 0. The predicted molar refractivity (Wildman–Crippen MR) is 255 cm³/mol. The van der Waals surface area contributed by atoms with E-state index in [4.69, 9.17) is 0 Å². The molecular formula is C58H40N2. The molecule has 0 spiro atoms. The van der Waals surface area contributed by atoms with E-state index in [0.717, 1.165) is 28.3 Å². The molecule has 0 amide bonds. The molecule has 0 radical (unpaired) electrons. The Hall–Kier alpha value is -7.94. The first-order valence-corrected chi connectivity index (χ1v) is 20.6. The maximum atomic E-state index is 2.45. The first-order chi connectivity index (χ1) is 29.8. The maximum absolute atomic E-state index is 2.45. The molecule has 60 heavy (non-hydrogen) atoms. The van der Waals surface area contributed by atoms with Gasteiger partial charge in [-0.1, -0.05) is 200 Å². The van der Waals surface area contributed by atoms with Crippen LogP contribution in [-0.2, 0) is 0 Å². The van der Waals surface area contributed by atoms with E-state index in [0.29, 0.717) is 0 Å². The van der Waals surface area contributed by atoms with Gasteiger partial charge in [0.1, 0.15) is 0 Å². The minimum atomic E-state index is 1.08. The van der Waals surface area contributed by atoms with Crippen LogP contribution >= 0.6 is 0 Å². The van der Waals surface area contributed by atoms with Crippen LogP contribution in [0.2, 0.25) is 0 Å². The summed E-state index contributed by atoms with van der Waals surface area (Å²) < 4.78 is 2.45. The van der Waals surface area contributed by atoms with Crippen molar-refractivity contribution < 1.29 is 0 Å². The first kappa shape index (κ1) is 35.2. The van der Waals surface area contributed by atoms with Gasteiger partial charge in [0.05, 0.1) is 22.4 Å². The summed E-state index contributed by atoms with van der Waals surface area (Å²) in [4.78, 5) is 2.43. The van der Waals surface area contributed by atoms with E-state index in [1.165, 1.54) is 71.6 Å². The van der Waals surface area contributed by atoms with E-state index >= 15 is 0 Å². The summed E-state index contributed by atoms with van der Waals surface area (Å²) in [5, 5.41) is 4.84. The maximum Gasteiger partial charge on any atom is 0.0562 e. The number of fused-ring (bicyclic) bond motifs is 4. The minimum absolute atomic E-state index is 1.08. The molecule has 2 nitrogen and oxygen atoms in total. The SMILES string of the molecule is c1ccc(-c2ccc(-c3ccc(N(c4ccc(-c5ccccc5)cc4)c4ccc5c6ccccc6n(-c6ccccc6-c6ccccc6)c5c4)c4ccccc34)cc2)cc1. The molecule has 1 aromatic heterocycles. The number of para-hydroxylation sites is 2. The number of benzene rings is 10. The zero-order valence-electron chi connectivity index (χ0n) is 33.0. The zero-order chi connectivity index (χ0) is 39.8. The standard InChI is InChI=1S/C58H40N2/c1-4-16-41(17-5-1)43-28-30-46(31-29-43)49-38-39-57(52-24-11-10-23-51(49)52)59(47-34-32-44(33-35-47)42-18-6-2-7-19-42)48-36-37-54-53-25-13-15-27-56(53)60(58(54)40-48)55-26-14-12-22-50(55)45-20-8-3-9-21-45/h1-40H. The molecule has 10 aromatic carbocycles. The van der Waals surface area contributed by atoms with Gasteiger partial charge in [0.15, 0.2) is 0 Å². The summed E-state index contributed by atoms with van der Waals surface area (Å²) >= 11 is 0. The Morgan fingerprint density at radius 1 is 0.267 bits per heavy atom. The lowest BCUT2D eigenvalue weighted by Crippen LogP contribution is -2.11. The van der Waals surface area contributed by atoms with Gasteiger partial charge in [-0.05, 0) is 86.8 Å². The van der Waals surface area contributed by atoms with E-state index in [-0.39, 0.29) is 0 Å². The van der Waals surface area contributed by atoms with Crippen molar-refractivity contribution in [3.63, 3.8) is 0 Å². The van der Waals surface area contributed by atoms with E-state index in [2.05, 4.69) is 252 Å². The summed E-state index contributed by atoms with van der Waals surface area (Å²) in [7, 11) is 0. The van der Waals surface area contributed by atoms with Crippen LogP contribution in [0.1, 0.15) is 0 Å². The molecule has 0 saturated heterocycles. The molecule has 0 fully saturated rings. The van der Waals surface area contributed by atoms with Crippen molar-refractivity contribution >= 4 is 49.6 Å². The van der Waals surface area contributed by atoms with Crippen LogP contribution in [0.4, 0.5) is 17.1 Å². The van der Waals surface area contributed by atoms with Crippen molar-refractivity contribution in [2.75, 3.05) is 4.90 Å². The average Bonchev–Trinajstić information content (AvgIpc) is 3.66. The van der Waals surface area contributed by atoms with Crippen molar-refractivity contribution in [2.45, 2.75) is 0 Å². The number of hydrogen-bond donors (Lipinski definition) is 0. The summed E-state index contributed by atoms with van der Waals surface area (Å²) in [6, 6.07) is 87.9. The van der Waals surface area contributed by atoms with Crippen LogP contribution < -0.4 is 4.90 Å². The topological polar surface area (TPSA) is 8.17 Å². The fraction of sp³-hybridized carbons (Fsp3) is 0. The highest BCUT2D eigenvalue weighted by atomic mass is 15.1. The molecule has 1 heterocycles. The Morgan fingerprint density at radius 2 is 0.733 bits per heavy atom. The molecule has 0 unspecified atom stereocenters. The molecule has 0 aliphatic rings. The Labute approximate surface area is 350 Å². The quantitative estimate of drug-likeness (QED) is 0.150. The van der Waals surface area contributed by atoms with Gasteiger partial charge >= 0.3 is 0 Å². The lowest BCUT2D eigenvalue weighted by molar-refractivity contribution is 1.18. The normalized spacial score (nSPS) is 11.3. The monoisotopic (exact) mass is 764 g/mol. The van der Waals surface area contributed by atoms with Gasteiger partial charge in [0, 0.05) is 33.1 Å². The Kier molecular flexibility index (Phi) is 8.87. The van der Waals surface area contributed by atoms with E-state index in [1.54, 1.807) is 0 Å². The third kappa shape index (κ3) is 6.23. The number of anilines is 3. The average molecular weight is 765 g/mol. The van der Waals surface area contributed by atoms with Gasteiger partial charge < -0.3 is 9.47 Å². The van der Waals surface area contributed by atoms with Gasteiger partial charge in [-0.15, -0.1) is 0 Å². The predicted octanol–water partition coefficient (Wildman–Crippen LogP) is 16.1. The molecule has 2 heteroatoms. The van der Waals surface area contributed by atoms with Gasteiger partial charge in [0.25, 0.3) is 0 Å². The Bertz CT molecular complexity index is 3270. The summed E-state index contributed by atoms with van der Waals surface area (Å²) in [6.45, 7) is 0. The van der Waals surface area contributed by atoms with Gasteiger partial charge in [-0.2, -0.15) is 0 Å². The molecule has 0 atom stereocenters. The van der Waals surface area contributed by atoms with Crippen LogP contribution in [0.3, 0.4) is 0 Å². The number of nitrogens with zero attached hydrogens (tertiary/aromatic N) is 2. The van der Waals surface area contributed by atoms with Crippen molar-refractivity contribution in [3.8, 4) is 50.2 Å². The molecule has 0 saturated carbocycles. The lowest BCUT2D eigenvalue weighted by atomic mass is 9.94. The van der Waals surface area contributed by atoms with Crippen LogP contribution in [-0.4, -0.2) is 4.57 Å². The highest BCUT2D eigenvalue weighted by Gasteiger charge is 2.21. The summed E-state index contributed by atoms with van der Waals surface area (Å²) in [5.41, 5.74) is 16.4. The van der Waals surface area contributed by atoms with E-state index in [9.17, 15) is 0 Å². The van der Waals surface area contributed by atoms with Crippen molar-refractivity contribution in [1.29, 1.82) is 0 Å². The molecule has 0 aliphatic heterocycles. The van der Waals surface area contributed by atoms with Crippen LogP contribution in [0.25, 0.3) is 82.8 Å². The van der Waals surface area contributed by atoms with Gasteiger partial charge in [-0.3, -0.25) is 0 Å². The van der Waals surface area contributed by atoms with Crippen LogP contribution in [0, 0.1) is 0 Å². The lowest BCUT2D eigenvalue weighted by Gasteiger charge is -2.28. The molecule has 0 aliphatic carbocycles. The fourth-order valence-corrected chi connectivity index (χ4v) is 8.95. The molecule has 11 rings (SSSR count). The number of aromatic nitrogens is 1. The number of rotatable bonds is 8. The van der Waals surface area contributed by atoms with Crippen LogP contribution in [0.5, 0.6) is 0 Å². The minimum Gasteiger partial charge on any atom is -0.310 e. The highest BCUT2D eigenvalue weighted by Crippen LogP contribution is 2.45. The zero-order valence-corrected chi connectivity index (χ0v) is 33.0. The van der Waals surface area contributed by atoms with Crippen molar-refractivity contribution in [3.05, 3.63) is 243 Å². The second-order valence-corrected chi connectivity index (χ2v) is 15.3. The second kappa shape index (κ2) is 15.1. The van der Waals surface area contributed by atoms with Crippen molar-refractivity contribution in [2.24, 2.45) is 0 Å². The fourth-order valence-electron chi connectivity index (χ4n) is 8.95. The molecular weight excluding hydrogens is 725 g/mol. The Morgan fingerprint density at radius 3 is 1.42 bits per heavy atom. The molecule has 0 bridgehead atoms. The van der Waals surface area contributed by atoms with E-state index in [1.807, 2.05) is 0 Å². The molecule has 11 aromatic rings. The third-order valence-corrected chi connectivity index (χ3v) is 11.8. The van der Waals surface area contributed by atoms with E-state index < -0.39 is 0 Å². The highest BCUT2D eigenvalue weighted by molar-refractivity contribution is 6.12. The molecule has 0 N–H and O–H groups in total. The summed E-state index contributed by atoms with van der Waals surface area (Å²) in [5.74, 6) is 0. The van der Waals surface area contributed by atoms with Gasteiger partial charge in [-0.25, -0.2) is 0 Å². The third-order valence-electron chi connectivity index (χ3n) is 11.8. The van der Waals surface area contributed by atoms with Gasteiger partial charge in [0.2, 0.25) is 0 Å². The first-order valence-electron chi connectivity index (χ1n) is 20.6.